The van der Waals surface area contributed by atoms with Gasteiger partial charge in [-0.3, -0.25) is 11.3 Å². The predicted octanol–water partition coefficient (Wildman–Crippen LogP) is 3.13. The van der Waals surface area contributed by atoms with E-state index in [1.165, 1.54) is 30.4 Å². The van der Waals surface area contributed by atoms with Crippen LogP contribution in [0.2, 0.25) is 0 Å². The zero-order valence-corrected chi connectivity index (χ0v) is 11.5. The van der Waals surface area contributed by atoms with Gasteiger partial charge in [0, 0.05) is 12.6 Å². The zero-order chi connectivity index (χ0) is 14.4. The van der Waals surface area contributed by atoms with Crippen LogP contribution in [0, 0.1) is 0 Å². The fraction of sp³-hybridized carbons (Fsp3) is 0.600. The lowest BCUT2D eigenvalue weighted by atomic mass is 9.77. The molecule has 0 bridgehead atoms. The third-order valence-electron chi connectivity index (χ3n) is 3.91. The van der Waals surface area contributed by atoms with E-state index in [0.717, 1.165) is 0 Å². The molecule has 1 aromatic carbocycles. The Bertz CT molecular complexity index is 411. The normalized spacial score (nSPS) is 17.2. The van der Waals surface area contributed by atoms with Crippen LogP contribution in [0.15, 0.2) is 24.3 Å². The average Bonchev–Trinajstić information content (AvgIpc) is 2.38. The molecule has 0 aliphatic heterocycles. The second-order valence-corrected chi connectivity index (χ2v) is 5.23. The fourth-order valence-corrected chi connectivity index (χ4v) is 2.62. The monoisotopic (exact) mass is 284 g/mol. The molecule has 1 aliphatic carbocycles. The standard InChI is InChI=1S/C15H22F2N2O/c16-15(17)10-20-9-8-14(19-18)13-7-2-1-6-12(13)11-4-3-5-11/h1-2,6-7,11,14-15,19H,3-5,8-10,18H2. The summed E-state index contributed by atoms with van der Waals surface area (Å²) in [5.74, 6) is 6.24. The third-order valence-corrected chi connectivity index (χ3v) is 3.91. The minimum absolute atomic E-state index is 0.0514. The van der Waals surface area contributed by atoms with Crippen LogP contribution in [0.4, 0.5) is 8.78 Å². The Hall–Kier alpha value is -1.04. The van der Waals surface area contributed by atoms with Crippen LogP contribution in [0.25, 0.3) is 0 Å². The lowest BCUT2D eigenvalue weighted by Gasteiger charge is -2.30. The maximum Gasteiger partial charge on any atom is 0.261 e. The van der Waals surface area contributed by atoms with Crippen LogP contribution in [0.5, 0.6) is 0 Å². The Morgan fingerprint density at radius 2 is 2.05 bits per heavy atom. The van der Waals surface area contributed by atoms with Crippen LogP contribution in [-0.2, 0) is 4.74 Å². The van der Waals surface area contributed by atoms with E-state index in [1.54, 1.807) is 0 Å². The highest BCUT2D eigenvalue weighted by atomic mass is 19.3. The number of halogens is 2. The molecule has 1 aromatic rings. The minimum Gasteiger partial charge on any atom is -0.375 e. The SMILES string of the molecule is NNC(CCOCC(F)F)c1ccccc1C1CCC1. The van der Waals surface area contributed by atoms with E-state index < -0.39 is 13.0 Å². The molecule has 1 fully saturated rings. The Balaban J connectivity index is 1.96. The van der Waals surface area contributed by atoms with Crippen molar-refractivity contribution in [2.45, 2.75) is 44.1 Å². The van der Waals surface area contributed by atoms with Crippen LogP contribution in [0.3, 0.4) is 0 Å². The molecule has 3 N–H and O–H groups in total. The van der Waals surface area contributed by atoms with Gasteiger partial charge in [-0.1, -0.05) is 30.7 Å². The highest BCUT2D eigenvalue weighted by molar-refractivity contribution is 5.34. The molecular formula is C15H22F2N2O. The van der Waals surface area contributed by atoms with Crippen LogP contribution < -0.4 is 11.3 Å². The zero-order valence-electron chi connectivity index (χ0n) is 11.5. The van der Waals surface area contributed by atoms with Crippen molar-refractivity contribution in [2.75, 3.05) is 13.2 Å². The van der Waals surface area contributed by atoms with Crippen molar-refractivity contribution in [3.63, 3.8) is 0 Å². The van der Waals surface area contributed by atoms with Gasteiger partial charge in [-0.05, 0) is 36.3 Å². The number of alkyl halides is 2. The van der Waals surface area contributed by atoms with Gasteiger partial charge in [-0.2, -0.15) is 0 Å². The maximum atomic E-state index is 12.0. The molecule has 0 radical (unpaired) electrons. The van der Waals surface area contributed by atoms with Crippen LogP contribution in [-0.4, -0.2) is 19.6 Å². The highest BCUT2D eigenvalue weighted by Gasteiger charge is 2.24. The van der Waals surface area contributed by atoms with Gasteiger partial charge in [0.05, 0.1) is 0 Å². The van der Waals surface area contributed by atoms with Gasteiger partial charge in [0.25, 0.3) is 6.43 Å². The number of nitrogens with one attached hydrogen (secondary N) is 1. The van der Waals surface area contributed by atoms with E-state index in [2.05, 4.69) is 17.6 Å². The van der Waals surface area contributed by atoms with E-state index in [4.69, 9.17) is 10.6 Å². The van der Waals surface area contributed by atoms with E-state index in [0.29, 0.717) is 12.3 Å². The van der Waals surface area contributed by atoms with Crippen molar-refractivity contribution in [1.29, 1.82) is 0 Å². The quantitative estimate of drug-likeness (QED) is 0.438. The summed E-state index contributed by atoms with van der Waals surface area (Å²) in [7, 11) is 0. The molecule has 0 saturated heterocycles. The van der Waals surface area contributed by atoms with E-state index in [-0.39, 0.29) is 12.6 Å². The summed E-state index contributed by atoms with van der Waals surface area (Å²) in [5, 5.41) is 0. The van der Waals surface area contributed by atoms with Gasteiger partial charge in [0.2, 0.25) is 0 Å². The fourth-order valence-electron chi connectivity index (χ4n) is 2.62. The van der Waals surface area contributed by atoms with Gasteiger partial charge >= 0.3 is 0 Å². The number of hydrogen-bond acceptors (Lipinski definition) is 3. The van der Waals surface area contributed by atoms with Crippen molar-refractivity contribution in [2.24, 2.45) is 5.84 Å². The Kier molecular flexibility index (Phi) is 5.88. The summed E-state index contributed by atoms with van der Waals surface area (Å²) in [5.41, 5.74) is 5.28. The first-order chi connectivity index (χ1) is 9.72. The van der Waals surface area contributed by atoms with Gasteiger partial charge < -0.3 is 4.74 Å². The molecule has 1 saturated carbocycles. The first-order valence-corrected chi connectivity index (χ1v) is 7.13. The van der Waals surface area contributed by atoms with Crippen LogP contribution in [0.1, 0.15) is 48.8 Å². The molecule has 3 nitrogen and oxygen atoms in total. The molecule has 0 spiro atoms. The van der Waals surface area contributed by atoms with Gasteiger partial charge in [0.1, 0.15) is 6.61 Å². The van der Waals surface area contributed by atoms with Gasteiger partial charge in [-0.25, -0.2) is 8.78 Å². The van der Waals surface area contributed by atoms with Crippen LogP contribution >= 0.6 is 0 Å². The lowest BCUT2D eigenvalue weighted by Crippen LogP contribution is -2.30. The van der Waals surface area contributed by atoms with Crippen molar-refractivity contribution < 1.29 is 13.5 Å². The first kappa shape index (κ1) is 15.4. The Labute approximate surface area is 118 Å². The second kappa shape index (κ2) is 7.67. The molecule has 1 aliphatic rings. The van der Waals surface area contributed by atoms with E-state index >= 15 is 0 Å². The molecule has 1 unspecified atom stereocenters. The molecule has 5 heteroatoms. The van der Waals surface area contributed by atoms with Crippen molar-refractivity contribution in [3.8, 4) is 0 Å². The molecule has 0 amide bonds. The average molecular weight is 284 g/mol. The number of hydrogen-bond donors (Lipinski definition) is 2. The largest absolute Gasteiger partial charge is 0.375 e. The Morgan fingerprint density at radius 3 is 2.65 bits per heavy atom. The third kappa shape index (κ3) is 3.98. The maximum absolute atomic E-state index is 12.0. The summed E-state index contributed by atoms with van der Waals surface area (Å²) in [6.07, 6.45) is 1.89. The molecule has 112 valence electrons. The number of rotatable bonds is 8. The smallest absolute Gasteiger partial charge is 0.261 e. The number of nitrogens with two attached hydrogens (primary N) is 1. The van der Waals surface area contributed by atoms with E-state index in [9.17, 15) is 8.78 Å². The summed E-state index contributed by atoms with van der Waals surface area (Å²) in [6, 6.07) is 8.18. The molecule has 1 atom stereocenters. The summed E-state index contributed by atoms with van der Waals surface area (Å²) < 4.78 is 29.0. The Morgan fingerprint density at radius 1 is 1.30 bits per heavy atom. The molecule has 0 heterocycles. The molecular weight excluding hydrogens is 262 g/mol. The predicted molar refractivity (Wildman–Crippen MR) is 74.5 cm³/mol. The van der Waals surface area contributed by atoms with Gasteiger partial charge in [0.15, 0.2) is 0 Å². The molecule has 2 rings (SSSR count). The summed E-state index contributed by atoms with van der Waals surface area (Å²) in [4.78, 5) is 0. The number of ether oxygens (including phenoxy) is 1. The highest BCUT2D eigenvalue weighted by Crippen LogP contribution is 2.39. The van der Waals surface area contributed by atoms with Crippen molar-refractivity contribution in [1.82, 2.24) is 5.43 Å². The van der Waals surface area contributed by atoms with Gasteiger partial charge in [-0.15, -0.1) is 0 Å². The van der Waals surface area contributed by atoms with Crippen molar-refractivity contribution >= 4 is 0 Å². The first-order valence-electron chi connectivity index (χ1n) is 7.13. The molecule has 20 heavy (non-hydrogen) atoms. The lowest BCUT2D eigenvalue weighted by molar-refractivity contribution is 0.0143. The summed E-state index contributed by atoms with van der Waals surface area (Å²) >= 11 is 0. The number of benzene rings is 1. The number of hydrazine groups is 1. The topological polar surface area (TPSA) is 47.3 Å². The summed E-state index contributed by atoms with van der Waals surface area (Å²) in [6.45, 7) is -0.236. The minimum atomic E-state index is -2.42. The second-order valence-electron chi connectivity index (χ2n) is 5.23. The van der Waals surface area contributed by atoms with Crippen molar-refractivity contribution in [3.05, 3.63) is 35.4 Å². The van der Waals surface area contributed by atoms with E-state index in [1.807, 2.05) is 12.1 Å². The molecule has 0 aromatic heterocycles.